The minimum absolute atomic E-state index is 0.696. The van der Waals surface area contributed by atoms with Crippen LogP contribution in [0.3, 0.4) is 0 Å². The van der Waals surface area contributed by atoms with Crippen LogP contribution in [-0.4, -0.2) is 0 Å². The molecule has 18 rings (SSSR count). The molecule has 0 aliphatic heterocycles. The van der Waals surface area contributed by atoms with Crippen molar-refractivity contribution in [3.05, 3.63) is 372 Å². The van der Waals surface area contributed by atoms with Crippen LogP contribution < -0.4 is 9.80 Å². The fourth-order valence-corrected chi connectivity index (χ4v) is 15.2. The van der Waals surface area contributed by atoms with Crippen molar-refractivity contribution < 1.29 is 8.83 Å². The second-order valence-corrected chi connectivity index (χ2v) is 23.5. The van der Waals surface area contributed by atoms with E-state index in [1.165, 1.54) is 77.5 Å². The molecule has 2 heterocycles. The molecule has 0 saturated carbocycles. The molecular formula is C84H54N2O2. The number of hydrogen-bond acceptors (Lipinski definition) is 4. The summed E-state index contributed by atoms with van der Waals surface area (Å²) in [4.78, 5) is 4.76. The summed E-state index contributed by atoms with van der Waals surface area (Å²) in [5.74, 6) is 0. The molecule has 88 heavy (non-hydrogen) atoms. The molecule has 2 aliphatic carbocycles. The highest BCUT2D eigenvalue weighted by Crippen LogP contribution is 2.61. The number of hydrogen-bond donors (Lipinski definition) is 0. The number of benzene rings is 14. The van der Waals surface area contributed by atoms with E-state index in [1.54, 1.807) is 0 Å². The van der Waals surface area contributed by atoms with Crippen molar-refractivity contribution in [2.75, 3.05) is 9.80 Å². The van der Waals surface area contributed by atoms with Crippen molar-refractivity contribution in [1.29, 1.82) is 0 Å². The summed E-state index contributed by atoms with van der Waals surface area (Å²) in [5.41, 5.74) is 23.0. The van der Waals surface area contributed by atoms with E-state index in [0.717, 1.165) is 78.0 Å². The van der Waals surface area contributed by atoms with E-state index in [4.69, 9.17) is 8.83 Å². The van der Waals surface area contributed by atoms with Crippen LogP contribution in [0.4, 0.5) is 34.1 Å². The summed E-state index contributed by atoms with van der Waals surface area (Å²) in [7, 11) is 0. The van der Waals surface area contributed by atoms with Crippen LogP contribution in [0.2, 0.25) is 0 Å². The number of furan rings is 2. The molecule has 4 heteroatoms. The highest BCUT2D eigenvalue weighted by Gasteiger charge is 2.49. The third-order valence-corrected chi connectivity index (χ3v) is 18.9. The van der Waals surface area contributed by atoms with Crippen molar-refractivity contribution in [1.82, 2.24) is 0 Å². The van der Waals surface area contributed by atoms with Gasteiger partial charge < -0.3 is 18.6 Å². The Morgan fingerprint density at radius 3 is 0.875 bits per heavy atom. The van der Waals surface area contributed by atoms with E-state index in [2.05, 4.69) is 325 Å². The first-order chi connectivity index (χ1) is 43.6. The lowest BCUT2D eigenvalue weighted by molar-refractivity contribution is 0.668. The lowest BCUT2D eigenvalue weighted by Crippen LogP contribution is -2.29. The normalized spacial score (nSPS) is 13.4. The monoisotopic (exact) mass is 1120 g/mol. The first-order valence-electron chi connectivity index (χ1n) is 30.3. The number of nitrogens with zero attached hydrogens (tertiary/aromatic N) is 2. The molecule has 16 aromatic rings. The molecule has 4 nitrogen and oxygen atoms in total. The third-order valence-electron chi connectivity index (χ3n) is 18.9. The first-order valence-corrected chi connectivity index (χ1v) is 30.3. The Labute approximate surface area is 509 Å². The minimum atomic E-state index is -0.696. The van der Waals surface area contributed by atoms with E-state index in [0.29, 0.717) is 0 Å². The second kappa shape index (κ2) is 19.5. The molecular weight excluding hydrogens is 1070 g/mol. The van der Waals surface area contributed by atoms with Gasteiger partial charge in [-0.15, -0.1) is 0 Å². The van der Waals surface area contributed by atoms with Crippen molar-refractivity contribution in [2.45, 2.75) is 10.8 Å². The molecule has 0 atom stereocenters. The lowest BCUT2D eigenvalue weighted by Gasteiger charge is -2.35. The summed E-state index contributed by atoms with van der Waals surface area (Å²) >= 11 is 0. The third kappa shape index (κ3) is 7.33. The van der Waals surface area contributed by atoms with Gasteiger partial charge in [0.1, 0.15) is 22.3 Å². The van der Waals surface area contributed by atoms with Crippen molar-refractivity contribution >= 4 is 88.8 Å². The molecule has 0 amide bonds. The zero-order valence-electron chi connectivity index (χ0n) is 47.9. The van der Waals surface area contributed by atoms with E-state index in [-0.39, 0.29) is 0 Å². The molecule has 412 valence electrons. The van der Waals surface area contributed by atoms with Gasteiger partial charge in [-0.1, -0.05) is 206 Å². The van der Waals surface area contributed by atoms with Crippen molar-refractivity contribution in [3.63, 3.8) is 0 Å². The molecule has 0 bridgehead atoms. The Hall–Kier alpha value is -11.5. The number of para-hydroxylation sites is 4. The van der Waals surface area contributed by atoms with Crippen LogP contribution >= 0.6 is 0 Å². The van der Waals surface area contributed by atoms with Gasteiger partial charge in [-0.25, -0.2) is 0 Å². The Morgan fingerprint density at radius 1 is 0.205 bits per heavy atom. The summed E-state index contributed by atoms with van der Waals surface area (Å²) in [6.45, 7) is 0. The zero-order chi connectivity index (χ0) is 57.9. The fourth-order valence-electron chi connectivity index (χ4n) is 15.2. The van der Waals surface area contributed by atoms with Gasteiger partial charge in [-0.3, -0.25) is 0 Å². The van der Waals surface area contributed by atoms with E-state index >= 15 is 0 Å². The van der Waals surface area contributed by atoms with Crippen LogP contribution in [0.15, 0.2) is 336 Å². The standard InChI is InChI=1S/C84H54N2O2/c1-7-23-57(24-8-1)83(58-25-9-2-10-26-58)75-49-55-48-74-68-44-40-64(86(62-33-17-6-18-34-62)66-42-46-72-70-36-20-22-38-80(70)88-82(72)54-66)52-78(68)84(59-27-11-3-12-28-59,60-29-13-4-14-30-60)76(74)50-56(55)47-73(75)67-43-39-63(51-77(67)83)85(61-31-15-5-16-32-61)65-41-45-71-69-35-19-21-37-79(69)87-81(71)53-65/h1-54H. The van der Waals surface area contributed by atoms with E-state index in [1.807, 2.05) is 12.1 Å². The quantitative estimate of drug-likeness (QED) is 0.137. The zero-order valence-corrected chi connectivity index (χ0v) is 47.9. The minimum Gasteiger partial charge on any atom is -0.456 e. The molecule has 2 aromatic heterocycles. The molecule has 0 saturated heterocycles. The topological polar surface area (TPSA) is 32.8 Å². The highest BCUT2D eigenvalue weighted by molar-refractivity contribution is 6.08. The summed E-state index contributed by atoms with van der Waals surface area (Å²) in [5, 5.41) is 6.80. The van der Waals surface area contributed by atoms with Gasteiger partial charge in [-0.05, 0) is 187 Å². The van der Waals surface area contributed by atoms with E-state index in [9.17, 15) is 0 Å². The Kier molecular flexibility index (Phi) is 11.1. The molecule has 0 unspecified atom stereocenters. The molecule has 0 N–H and O–H groups in total. The van der Waals surface area contributed by atoms with Crippen LogP contribution in [-0.2, 0) is 10.8 Å². The molecule has 0 spiro atoms. The number of anilines is 6. The summed E-state index contributed by atoms with van der Waals surface area (Å²) < 4.78 is 13.1. The van der Waals surface area contributed by atoms with Crippen molar-refractivity contribution in [3.8, 4) is 22.3 Å². The number of fused-ring (bicyclic) bond motifs is 13. The maximum Gasteiger partial charge on any atom is 0.137 e. The average molecular weight is 1120 g/mol. The Bertz CT molecular complexity index is 4970. The maximum absolute atomic E-state index is 6.57. The van der Waals surface area contributed by atoms with Gasteiger partial charge in [-0.2, -0.15) is 0 Å². The molecule has 0 radical (unpaired) electrons. The van der Waals surface area contributed by atoms with Crippen LogP contribution in [0.25, 0.3) is 76.9 Å². The van der Waals surface area contributed by atoms with Crippen LogP contribution in [0, 0.1) is 0 Å². The molecule has 2 aliphatic rings. The van der Waals surface area contributed by atoms with Gasteiger partial charge in [0.2, 0.25) is 0 Å². The summed E-state index contributed by atoms with van der Waals surface area (Å²) in [6, 6.07) is 120. The largest absolute Gasteiger partial charge is 0.456 e. The predicted molar refractivity (Wildman–Crippen MR) is 362 cm³/mol. The maximum atomic E-state index is 6.57. The second-order valence-electron chi connectivity index (χ2n) is 23.5. The van der Waals surface area contributed by atoms with Crippen LogP contribution in [0.1, 0.15) is 44.5 Å². The van der Waals surface area contributed by atoms with Gasteiger partial charge in [0.05, 0.1) is 10.8 Å². The Morgan fingerprint density at radius 2 is 0.500 bits per heavy atom. The highest BCUT2D eigenvalue weighted by atomic mass is 16.3. The van der Waals surface area contributed by atoms with Crippen LogP contribution in [0.5, 0.6) is 0 Å². The average Bonchev–Trinajstić information content (AvgIpc) is 1.53. The number of rotatable bonds is 10. The molecule has 14 aromatic carbocycles. The van der Waals surface area contributed by atoms with Crippen molar-refractivity contribution in [2.24, 2.45) is 0 Å². The van der Waals surface area contributed by atoms with Gasteiger partial charge in [0, 0.05) is 67.8 Å². The van der Waals surface area contributed by atoms with Gasteiger partial charge in [0.15, 0.2) is 0 Å². The fraction of sp³-hybridized carbons (Fsp3) is 0.0238. The van der Waals surface area contributed by atoms with Gasteiger partial charge >= 0.3 is 0 Å². The Balaban J connectivity index is 0.873. The smallest absolute Gasteiger partial charge is 0.137 e. The summed E-state index contributed by atoms with van der Waals surface area (Å²) in [6.07, 6.45) is 0. The SMILES string of the molecule is c1ccc(N(c2ccc3c(c2)C(c2ccccc2)(c2ccccc2)c2cc4cc5c(cc4cc2-3)C(c2ccccc2)(c2ccccc2)c2cc(N(c3ccccc3)c3ccc4c(c3)oc3ccccc34)ccc2-5)c2ccc3c(c2)oc2ccccc23)cc1. The van der Waals surface area contributed by atoms with Gasteiger partial charge in [0.25, 0.3) is 0 Å². The lowest BCUT2D eigenvalue weighted by atomic mass is 9.67. The predicted octanol–water partition coefficient (Wildman–Crippen LogP) is 22.3. The first kappa shape index (κ1) is 49.9. The molecule has 0 fully saturated rings. The van der Waals surface area contributed by atoms with E-state index < -0.39 is 10.8 Å².